The Balaban J connectivity index is 3.02. The molecule has 0 bridgehead atoms. The minimum absolute atomic E-state index is 0.244. The number of carboxylic acid groups (broad SMARTS) is 1. The van der Waals surface area contributed by atoms with E-state index in [0.29, 0.717) is 5.56 Å². The molecule has 1 aromatic rings. The lowest BCUT2D eigenvalue weighted by atomic mass is 10.1. The summed E-state index contributed by atoms with van der Waals surface area (Å²) in [5, 5.41) is 8.63. The van der Waals surface area contributed by atoms with Crippen molar-refractivity contribution in [3.05, 3.63) is 41.0 Å². The summed E-state index contributed by atoms with van der Waals surface area (Å²) in [4.78, 5) is 21.0. The molecular weight excluding hydrogens is 180 g/mol. The van der Waals surface area contributed by atoms with Crippen molar-refractivity contribution in [2.45, 2.75) is 6.92 Å². The van der Waals surface area contributed by atoms with Crippen LogP contribution in [0.4, 0.5) is 0 Å². The van der Waals surface area contributed by atoms with Crippen molar-refractivity contribution >= 4 is 18.3 Å². The Morgan fingerprint density at radius 1 is 1.36 bits per heavy atom. The molecule has 0 aromatic heterocycles. The molecule has 0 aliphatic heterocycles. The number of carbonyl (C=O) groups is 2. The average molecular weight is 190 g/mol. The Morgan fingerprint density at radius 3 is 2.57 bits per heavy atom. The van der Waals surface area contributed by atoms with Gasteiger partial charge >= 0.3 is 5.97 Å². The van der Waals surface area contributed by atoms with E-state index in [2.05, 4.69) is 0 Å². The average Bonchev–Trinajstić information content (AvgIpc) is 2.18. The number of benzene rings is 1. The largest absolute Gasteiger partial charge is 0.478 e. The molecule has 1 N–H and O–H groups in total. The van der Waals surface area contributed by atoms with Gasteiger partial charge in [-0.15, -0.1) is 0 Å². The van der Waals surface area contributed by atoms with Gasteiger partial charge in [0, 0.05) is 11.1 Å². The van der Waals surface area contributed by atoms with Crippen LogP contribution in [-0.2, 0) is 4.79 Å². The number of rotatable bonds is 3. The van der Waals surface area contributed by atoms with Crippen molar-refractivity contribution in [2.24, 2.45) is 0 Å². The number of aliphatic carboxylic acids is 1. The highest BCUT2D eigenvalue weighted by Crippen LogP contribution is 2.08. The zero-order valence-electron chi connectivity index (χ0n) is 7.73. The number of carboxylic acids is 1. The summed E-state index contributed by atoms with van der Waals surface area (Å²) in [6, 6.07) is 6.77. The smallest absolute Gasteiger partial charge is 0.331 e. The SMILES string of the molecule is C/C(=C\c1cccc(C=O)c1)C(=O)O. The predicted molar refractivity (Wildman–Crippen MR) is 53.1 cm³/mol. The summed E-state index contributed by atoms with van der Waals surface area (Å²) in [7, 11) is 0. The Bertz CT molecular complexity index is 391. The lowest BCUT2D eigenvalue weighted by molar-refractivity contribution is -0.132. The van der Waals surface area contributed by atoms with Crippen LogP contribution < -0.4 is 0 Å². The van der Waals surface area contributed by atoms with Crippen LogP contribution in [0.2, 0.25) is 0 Å². The van der Waals surface area contributed by atoms with Gasteiger partial charge in [-0.25, -0.2) is 4.79 Å². The van der Waals surface area contributed by atoms with E-state index in [-0.39, 0.29) is 5.57 Å². The molecule has 0 aliphatic carbocycles. The molecule has 0 spiro atoms. The fourth-order valence-corrected chi connectivity index (χ4v) is 1.03. The summed E-state index contributed by atoms with van der Waals surface area (Å²) in [5.41, 5.74) is 1.50. The summed E-state index contributed by atoms with van der Waals surface area (Å²) >= 11 is 0. The molecule has 0 radical (unpaired) electrons. The second-order valence-electron chi connectivity index (χ2n) is 2.92. The Morgan fingerprint density at radius 2 is 2.00 bits per heavy atom. The molecule has 1 aromatic carbocycles. The normalized spacial score (nSPS) is 11.1. The first-order valence-corrected chi connectivity index (χ1v) is 4.10. The maximum atomic E-state index is 10.5. The minimum Gasteiger partial charge on any atom is -0.478 e. The molecule has 0 atom stereocenters. The van der Waals surface area contributed by atoms with E-state index in [9.17, 15) is 9.59 Å². The van der Waals surface area contributed by atoms with Crippen LogP contribution in [0.1, 0.15) is 22.8 Å². The molecule has 3 heteroatoms. The van der Waals surface area contributed by atoms with Gasteiger partial charge in [-0.1, -0.05) is 18.2 Å². The van der Waals surface area contributed by atoms with Gasteiger partial charge in [0.15, 0.2) is 0 Å². The summed E-state index contributed by atoms with van der Waals surface area (Å²) in [6.45, 7) is 1.51. The van der Waals surface area contributed by atoms with Gasteiger partial charge in [0.25, 0.3) is 0 Å². The quantitative estimate of drug-likeness (QED) is 0.585. The fraction of sp³-hybridized carbons (Fsp3) is 0.0909. The van der Waals surface area contributed by atoms with Gasteiger partial charge in [0.2, 0.25) is 0 Å². The third-order valence-electron chi connectivity index (χ3n) is 1.77. The first-order valence-electron chi connectivity index (χ1n) is 4.10. The number of carbonyl (C=O) groups excluding carboxylic acids is 1. The second-order valence-corrected chi connectivity index (χ2v) is 2.92. The van der Waals surface area contributed by atoms with E-state index < -0.39 is 5.97 Å². The monoisotopic (exact) mass is 190 g/mol. The van der Waals surface area contributed by atoms with E-state index in [1.807, 2.05) is 0 Å². The Hall–Kier alpha value is -1.90. The van der Waals surface area contributed by atoms with Gasteiger partial charge in [0.05, 0.1) is 0 Å². The van der Waals surface area contributed by atoms with Gasteiger partial charge in [-0.2, -0.15) is 0 Å². The highest BCUT2D eigenvalue weighted by atomic mass is 16.4. The highest BCUT2D eigenvalue weighted by Gasteiger charge is 1.99. The molecular formula is C11H10O3. The van der Waals surface area contributed by atoms with E-state index in [1.165, 1.54) is 13.0 Å². The fourth-order valence-electron chi connectivity index (χ4n) is 1.03. The maximum Gasteiger partial charge on any atom is 0.331 e. The van der Waals surface area contributed by atoms with Crippen LogP contribution in [0.3, 0.4) is 0 Å². The molecule has 14 heavy (non-hydrogen) atoms. The van der Waals surface area contributed by atoms with Crippen molar-refractivity contribution in [3.8, 4) is 0 Å². The van der Waals surface area contributed by atoms with Crippen LogP contribution in [0.5, 0.6) is 0 Å². The lowest BCUT2D eigenvalue weighted by Gasteiger charge is -1.96. The van der Waals surface area contributed by atoms with Crippen LogP contribution in [0, 0.1) is 0 Å². The Kier molecular flexibility index (Phi) is 3.18. The molecule has 72 valence electrons. The summed E-state index contributed by atoms with van der Waals surface area (Å²) in [5.74, 6) is -0.957. The first kappa shape index (κ1) is 10.2. The van der Waals surface area contributed by atoms with Gasteiger partial charge in [-0.05, 0) is 24.6 Å². The summed E-state index contributed by atoms with van der Waals surface area (Å²) < 4.78 is 0. The molecule has 0 heterocycles. The molecule has 0 saturated carbocycles. The van der Waals surface area contributed by atoms with E-state index in [1.54, 1.807) is 24.3 Å². The van der Waals surface area contributed by atoms with Crippen LogP contribution in [0.15, 0.2) is 29.8 Å². The Labute approximate surface area is 81.7 Å². The molecule has 0 amide bonds. The van der Waals surface area contributed by atoms with Gasteiger partial charge in [0.1, 0.15) is 6.29 Å². The molecule has 0 fully saturated rings. The molecule has 0 aliphatic rings. The second kappa shape index (κ2) is 4.37. The summed E-state index contributed by atoms with van der Waals surface area (Å²) in [6.07, 6.45) is 2.25. The molecule has 1 rings (SSSR count). The van der Waals surface area contributed by atoms with Gasteiger partial charge < -0.3 is 5.11 Å². The van der Waals surface area contributed by atoms with Crippen molar-refractivity contribution in [3.63, 3.8) is 0 Å². The topological polar surface area (TPSA) is 54.4 Å². The minimum atomic E-state index is -0.957. The van der Waals surface area contributed by atoms with Gasteiger partial charge in [-0.3, -0.25) is 4.79 Å². The van der Waals surface area contributed by atoms with Crippen molar-refractivity contribution in [2.75, 3.05) is 0 Å². The van der Waals surface area contributed by atoms with Crippen LogP contribution in [0.25, 0.3) is 6.08 Å². The number of aldehydes is 1. The van der Waals surface area contributed by atoms with E-state index in [4.69, 9.17) is 5.11 Å². The standard InChI is InChI=1S/C11H10O3/c1-8(11(13)14)5-9-3-2-4-10(6-9)7-12/h2-7H,1H3,(H,13,14)/b8-5+. The highest BCUT2D eigenvalue weighted by molar-refractivity contribution is 5.91. The molecule has 0 saturated heterocycles. The number of hydrogen-bond donors (Lipinski definition) is 1. The van der Waals surface area contributed by atoms with Crippen molar-refractivity contribution in [1.82, 2.24) is 0 Å². The first-order chi connectivity index (χ1) is 6.63. The molecule has 0 unspecified atom stereocenters. The predicted octanol–water partition coefficient (Wildman–Crippen LogP) is 1.99. The third-order valence-corrected chi connectivity index (χ3v) is 1.77. The molecule has 3 nitrogen and oxygen atoms in total. The van der Waals surface area contributed by atoms with E-state index in [0.717, 1.165) is 11.8 Å². The number of hydrogen-bond acceptors (Lipinski definition) is 2. The third kappa shape index (κ3) is 2.55. The van der Waals surface area contributed by atoms with E-state index >= 15 is 0 Å². The van der Waals surface area contributed by atoms with Crippen molar-refractivity contribution < 1.29 is 14.7 Å². The van der Waals surface area contributed by atoms with Crippen LogP contribution >= 0.6 is 0 Å². The zero-order valence-corrected chi connectivity index (χ0v) is 7.73. The lowest BCUT2D eigenvalue weighted by Crippen LogP contribution is -1.95. The van der Waals surface area contributed by atoms with Crippen LogP contribution in [-0.4, -0.2) is 17.4 Å². The van der Waals surface area contributed by atoms with Crippen molar-refractivity contribution in [1.29, 1.82) is 0 Å². The maximum absolute atomic E-state index is 10.5. The zero-order chi connectivity index (χ0) is 10.6.